The van der Waals surface area contributed by atoms with Crippen LogP contribution < -0.4 is 5.32 Å². The molecule has 0 aromatic carbocycles. The molecule has 21 heavy (non-hydrogen) atoms. The Kier molecular flexibility index (Phi) is 5.33. The van der Waals surface area contributed by atoms with Crippen LogP contribution in [0, 0.1) is 5.92 Å². The van der Waals surface area contributed by atoms with Crippen molar-refractivity contribution in [1.29, 1.82) is 0 Å². The standard InChI is InChI=1S/C15H22N2O3S/c1-10(2)5-7-20-15(19)12-4-6-17-11(8-13(18)16-3)9-21-14(12)17/h8,10H,4-7,9H2,1-3H3,(H,16,18)/b11-8-. The summed E-state index contributed by atoms with van der Waals surface area (Å²) in [5.41, 5.74) is 1.71. The van der Waals surface area contributed by atoms with Gasteiger partial charge in [-0.3, -0.25) is 4.79 Å². The van der Waals surface area contributed by atoms with Gasteiger partial charge in [-0.2, -0.15) is 0 Å². The molecule has 0 aromatic heterocycles. The molecule has 0 radical (unpaired) electrons. The third kappa shape index (κ3) is 3.81. The van der Waals surface area contributed by atoms with Crippen LogP contribution in [0.3, 0.4) is 0 Å². The van der Waals surface area contributed by atoms with E-state index in [2.05, 4.69) is 24.1 Å². The van der Waals surface area contributed by atoms with Gasteiger partial charge in [0, 0.05) is 37.5 Å². The molecule has 2 rings (SSSR count). The first-order valence-electron chi connectivity index (χ1n) is 7.25. The van der Waals surface area contributed by atoms with Crippen LogP contribution in [0.1, 0.15) is 26.7 Å². The first-order valence-corrected chi connectivity index (χ1v) is 8.24. The number of rotatable bonds is 5. The van der Waals surface area contributed by atoms with Crippen molar-refractivity contribution in [3.63, 3.8) is 0 Å². The number of nitrogens with one attached hydrogen (secondary N) is 1. The van der Waals surface area contributed by atoms with Crippen LogP contribution in [0.5, 0.6) is 0 Å². The van der Waals surface area contributed by atoms with Crippen LogP contribution in [0.4, 0.5) is 0 Å². The van der Waals surface area contributed by atoms with Gasteiger partial charge in [-0.1, -0.05) is 13.8 Å². The van der Waals surface area contributed by atoms with Crippen molar-refractivity contribution in [2.75, 3.05) is 26.0 Å². The molecular weight excluding hydrogens is 288 g/mol. The lowest BCUT2D eigenvalue weighted by molar-refractivity contribution is -0.139. The molecule has 116 valence electrons. The fourth-order valence-electron chi connectivity index (χ4n) is 2.26. The Hall–Kier alpha value is -1.43. The van der Waals surface area contributed by atoms with Gasteiger partial charge in [-0.05, 0) is 12.3 Å². The first-order chi connectivity index (χ1) is 10.0. The Balaban J connectivity index is 2.01. The van der Waals surface area contributed by atoms with E-state index in [4.69, 9.17) is 4.74 Å². The molecule has 2 aliphatic rings. The number of esters is 1. The SMILES string of the molecule is CNC(=O)/C=C1/CSC2=C(C(=O)OCCC(C)C)CCN21. The summed E-state index contributed by atoms with van der Waals surface area (Å²) in [6.45, 7) is 5.43. The molecule has 0 bridgehead atoms. The number of nitrogens with zero attached hydrogens (tertiary/aromatic N) is 1. The third-order valence-corrected chi connectivity index (χ3v) is 4.69. The predicted molar refractivity (Wildman–Crippen MR) is 83.4 cm³/mol. The lowest BCUT2D eigenvalue weighted by atomic mass is 10.1. The lowest BCUT2D eigenvalue weighted by Crippen LogP contribution is -2.19. The molecule has 5 nitrogen and oxygen atoms in total. The van der Waals surface area contributed by atoms with Gasteiger partial charge in [0.2, 0.25) is 5.91 Å². The third-order valence-electron chi connectivity index (χ3n) is 3.51. The Morgan fingerprint density at radius 2 is 2.24 bits per heavy atom. The summed E-state index contributed by atoms with van der Waals surface area (Å²) in [5, 5.41) is 3.54. The average Bonchev–Trinajstić information content (AvgIpc) is 3.01. The zero-order chi connectivity index (χ0) is 15.4. The Labute approximate surface area is 129 Å². The smallest absolute Gasteiger partial charge is 0.336 e. The number of carbonyl (C=O) groups excluding carboxylic acids is 2. The van der Waals surface area contributed by atoms with Crippen molar-refractivity contribution in [3.8, 4) is 0 Å². The van der Waals surface area contributed by atoms with E-state index in [1.165, 1.54) is 0 Å². The highest BCUT2D eigenvalue weighted by atomic mass is 32.2. The number of carbonyl (C=O) groups is 2. The quantitative estimate of drug-likeness (QED) is 0.620. The van der Waals surface area contributed by atoms with Crippen LogP contribution in [0.25, 0.3) is 0 Å². The second kappa shape index (κ2) is 7.02. The van der Waals surface area contributed by atoms with Crippen molar-refractivity contribution in [2.45, 2.75) is 26.7 Å². The van der Waals surface area contributed by atoms with Crippen LogP contribution in [-0.2, 0) is 14.3 Å². The van der Waals surface area contributed by atoms with Crippen molar-refractivity contribution < 1.29 is 14.3 Å². The van der Waals surface area contributed by atoms with Crippen molar-refractivity contribution in [3.05, 3.63) is 22.4 Å². The highest BCUT2D eigenvalue weighted by Crippen LogP contribution is 2.42. The van der Waals surface area contributed by atoms with Gasteiger partial charge in [-0.15, -0.1) is 11.8 Å². The number of thioether (sulfide) groups is 1. The van der Waals surface area contributed by atoms with Gasteiger partial charge in [0.1, 0.15) is 0 Å². The molecule has 0 aromatic rings. The van der Waals surface area contributed by atoms with E-state index in [-0.39, 0.29) is 11.9 Å². The van der Waals surface area contributed by atoms with Crippen LogP contribution in [-0.4, -0.2) is 42.7 Å². The maximum absolute atomic E-state index is 12.1. The van der Waals surface area contributed by atoms with Crippen molar-refractivity contribution >= 4 is 23.6 Å². The van der Waals surface area contributed by atoms with Crippen LogP contribution >= 0.6 is 11.8 Å². The highest BCUT2D eigenvalue weighted by molar-refractivity contribution is 8.03. The van der Waals surface area contributed by atoms with Gasteiger partial charge in [0.15, 0.2) is 0 Å². The van der Waals surface area contributed by atoms with Gasteiger partial charge in [0.25, 0.3) is 0 Å². The fourth-order valence-corrected chi connectivity index (χ4v) is 3.51. The Bertz CT molecular complexity index is 497. The summed E-state index contributed by atoms with van der Waals surface area (Å²) in [6.07, 6.45) is 3.17. The normalized spacial score (nSPS) is 19.4. The summed E-state index contributed by atoms with van der Waals surface area (Å²) in [7, 11) is 1.61. The van der Waals surface area contributed by atoms with Crippen molar-refractivity contribution in [2.24, 2.45) is 5.92 Å². The van der Waals surface area contributed by atoms with E-state index in [0.29, 0.717) is 18.9 Å². The van der Waals surface area contributed by atoms with E-state index >= 15 is 0 Å². The average molecular weight is 310 g/mol. The molecule has 1 amide bonds. The van der Waals surface area contributed by atoms with Crippen LogP contribution in [0.15, 0.2) is 22.4 Å². The first kappa shape index (κ1) is 15.9. The number of ether oxygens (including phenoxy) is 1. The van der Waals surface area contributed by atoms with Crippen molar-refractivity contribution in [1.82, 2.24) is 10.2 Å². The molecule has 0 unspecified atom stereocenters. The molecule has 0 saturated carbocycles. The maximum atomic E-state index is 12.1. The summed E-state index contributed by atoms with van der Waals surface area (Å²) in [5.74, 6) is 0.936. The van der Waals surface area contributed by atoms with E-state index in [1.54, 1.807) is 24.9 Å². The minimum absolute atomic E-state index is 0.111. The molecule has 1 N–H and O–H groups in total. The number of hydrogen-bond donors (Lipinski definition) is 1. The molecule has 0 spiro atoms. The molecule has 1 saturated heterocycles. The highest BCUT2D eigenvalue weighted by Gasteiger charge is 2.35. The fraction of sp³-hybridized carbons (Fsp3) is 0.600. The molecule has 2 heterocycles. The summed E-state index contributed by atoms with van der Waals surface area (Å²) < 4.78 is 5.35. The summed E-state index contributed by atoms with van der Waals surface area (Å²) >= 11 is 1.61. The largest absolute Gasteiger partial charge is 0.462 e. The van der Waals surface area contributed by atoms with Gasteiger partial charge >= 0.3 is 5.97 Å². The topological polar surface area (TPSA) is 58.6 Å². The van der Waals surface area contributed by atoms with Gasteiger partial charge in [-0.25, -0.2) is 4.79 Å². The predicted octanol–water partition coefficient (Wildman–Crippen LogP) is 1.87. The minimum atomic E-state index is -0.207. The minimum Gasteiger partial charge on any atom is -0.462 e. The van der Waals surface area contributed by atoms with Gasteiger partial charge in [0.05, 0.1) is 17.2 Å². The molecular formula is C15H22N2O3S. The molecule has 0 atom stereocenters. The molecule has 2 aliphatic heterocycles. The monoisotopic (exact) mass is 310 g/mol. The van der Waals surface area contributed by atoms with E-state index in [1.807, 2.05) is 0 Å². The zero-order valence-corrected chi connectivity index (χ0v) is 13.6. The number of likely N-dealkylation sites (N-methyl/N-ethyl adjacent to an activating group) is 1. The molecule has 0 aliphatic carbocycles. The Morgan fingerprint density at radius 1 is 1.48 bits per heavy atom. The summed E-state index contributed by atoms with van der Waals surface area (Å²) in [6, 6.07) is 0. The maximum Gasteiger partial charge on any atom is 0.336 e. The van der Waals surface area contributed by atoms with Crippen LogP contribution in [0.2, 0.25) is 0 Å². The van der Waals surface area contributed by atoms with Gasteiger partial charge < -0.3 is 15.0 Å². The number of hydrogen-bond acceptors (Lipinski definition) is 5. The lowest BCUT2D eigenvalue weighted by Gasteiger charge is -2.14. The van der Waals surface area contributed by atoms with E-state index < -0.39 is 0 Å². The van der Waals surface area contributed by atoms with E-state index in [0.717, 1.165) is 35.0 Å². The number of amides is 1. The molecule has 1 fully saturated rings. The number of fused-ring (bicyclic) bond motifs is 1. The second-order valence-corrected chi connectivity index (χ2v) is 6.51. The Morgan fingerprint density at radius 3 is 2.90 bits per heavy atom. The molecule has 6 heteroatoms. The zero-order valence-electron chi connectivity index (χ0n) is 12.8. The van der Waals surface area contributed by atoms with E-state index in [9.17, 15) is 9.59 Å². The second-order valence-electron chi connectivity index (χ2n) is 5.54. The summed E-state index contributed by atoms with van der Waals surface area (Å²) in [4.78, 5) is 25.6.